The maximum Gasteiger partial charge on any atom is 0.269 e. The molecule has 0 unspecified atom stereocenters. The molecule has 1 heterocycles. The summed E-state index contributed by atoms with van der Waals surface area (Å²) in [6.45, 7) is 0. The summed E-state index contributed by atoms with van der Waals surface area (Å²) in [5, 5.41) is 5.06. The number of carbonyl (C=O) groups is 2. The quantitative estimate of drug-likeness (QED) is 0.871. The number of anilines is 1. The van der Waals surface area contributed by atoms with Crippen LogP contribution in [0, 0.1) is 0 Å². The molecule has 2 N–H and O–H groups in total. The third-order valence-corrected chi connectivity index (χ3v) is 4.15. The molecule has 1 aromatic heterocycles. The van der Waals surface area contributed by atoms with E-state index < -0.39 is 15.7 Å². The second-order valence-corrected chi connectivity index (χ2v) is 6.78. The fourth-order valence-electron chi connectivity index (χ4n) is 1.78. The number of carbonyl (C=O) groups excluding carboxylic acids is 2. The molecule has 0 spiro atoms. The van der Waals surface area contributed by atoms with Gasteiger partial charge in [-0.25, -0.2) is 8.42 Å². The summed E-state index contributed by atoms with van der Waals surface area (Å²) in [4.78, 5) is 27.5. The van der Waals surface area contributed by atoms with Gasteiger partial charge in [0.25, 0.3) is 11.8 Å². The van der Waals surface area contributed by atoms with Crippen LogP contribution in [0.3, 0.4) is 0 Å². The molecule has 0 aliphatic heterocycles. The van der Waals surface area contributed by atoms with Gasteiger partial charge in [-0.1, -0.05) is 0 Å². The molecular formula is C15H15N3O4S. The third kappa shape index (κ3) is 4.13. The van der Waals surface area contributed by atoms with Gasteiger partial charge < -0.3 is 10.6 Å². The molecule has 23 heavy (non-hydrogen) atoms. The zero-order valence-electron chi connectivity index (χ0n) is 12.5. The second-order valence-electron chi connectivity index (χ2n) is 4.76. The van der Waals surface area contributed by atoms with Crippen LogP contribution in [0.2, 0.25) is 0 Å². The van der Waals surface area contributed by atoms with E-state index >= 15 is 0 Å². The SMILES string of the molecule is CNC(=O)c1ccc(C(=O)Nc2ccc(S(C)(=O)=O)cc2)cn1. The fourth-order valence-corrected chi connectivity index (χ4v) is 2.41. The summed E-state index contributed by atoms with van der Waals surface area (Å²) in [5.74, 6) is -0.749. The Morgan fingerprint density at radius 3 is 2.13 bits per heavy atom. The summed E-state index contributed by atoms with van der Waals surface area (Å²) in [5.41, 5.74) is 0.948. The molecule has 0 aliphatic carbocycles. The number of sulfone groups is 1. The lowest BCUT2D eigenvalue weighted by molar-refractivity contribution is 0.0955. The number of nitrogens with one attached hydrogen (secondary N) is 2. The normalized spacial score (nSPS) is 10.9. The smallest absolute Gasteiger partial charge is 0.269 e. The van der Waals surface area contributed by atoms with Crippen LogP contribution in [0.15, 0.2) is 47.5 Å². The number of hydrogen-bond donors (Lipinski definition) is 2. The first kappa shape index (κ1) is 16.6. The summed E-state index contributed by atoms with van der Waals surface area (Å²) in [7, 11) is -1.79. The van der Waals surface area contributed by atoms with Crippen molar-refractivity contribution in [3.63, 3.8) is 0 Å². The second kappa shape index (κ2) is 6.57. The number of hydrogen-bond acceptors (Lipinski definition) is 5. The molecule has 8 heteroatoms. The first-order chi connectivity index (χ1) is 10.8. The van der Waals surface area contributed by atoms with Crippen molar-refractivity contribution >= 4 is 27.3 Å². The summed E-state index contributed by atoms with van der Waals surface area (Å²) in [6.07, 6.45) is 2.41. The Labute approximate surface area is 133 Å². The lowest BCUT2D eigenvalue weighted by Gasteiger charge is -2.06. The van der Waals surface area contributed by atoms with Crippen LogP contribution in [-0.4, -0.2) is 38.5 Å². The summed E-state index contributed by atoms with van der Waals surface area (Å²) >= 11 is 0. The predicted molar refractivity (Wildman–Crippen MR) is 85.1 cm³/mol. The maximum atomic E-state index is 12.1. The van der Waals surface area contributed by atoms with Gasteiger partial charge in [-0.3, -0.25) is 14.6 Å². The summed E-state index contributed by atoms with van der Waals surface area (Å²) < 4.78 is 22.7. The van der Waals surface area contributed by atoms with Crippen molar-refractivity contribution in [2.24, 2.45) is 0 Å². The molecule has 0 atom stereocenters. The number of pyridine rings is 1. The van der Waals surface area contributed by atoms with Gasteiger partial charge in [0, 0.05) is 25.2 Å². The van der Waals surface area contributed by atoms with Crippen LogP contribution >= 0.6 is 0 Å². The van der Waals surface area contributed by atoms with E-state index in [2.05, 4.69) is 15.6 Å². The minimum atomic E-state index is -3.28. The fraction of sp³-hybridized carbons (Fsp3) is 0.133. The van der Waals surface area contributed by atoms with Crippen molar-refractivity contribution in [2.45, 2.75) is 4.90 Å². The van der Waals surface area contributed by atoms with Gasteiger partial charge >= 0.3 is 0 Å². The monoisotopic (exact) mass is 333 g/mol. The molecular weight excluding hydrogens is 318 g/mol. The molecule has 0 saturated heterocycles. The van der Waals surface area contributed by atoms with Crippen molar-refractivity contribution in [3.05, 3.63) is 53.9 Å². The van der Waals surface area contributed by atoms with Crippen molar-refractivity contribution < 1.29 is 18.0 Å². The highest BCUT2D eigenvalue weighted by molar-refractivity contribution is 7.90. The van der Waals surface area contributed by atoms with Crippen LogP contribution in [0.1, 0.15) is 20.8 Å². The molecule has 0 fully saturated rings. The van der Waals surface area contributed by atoms with Crippen molar-refractivity contribution in [3.8, 4) is 0 Å². The average molecular weight is 333 g/mol. The van der Waals surface area contributed by atoms with Gasteiger partial charge in [0.15, 0.2) is 9.84 Å². The van der Waals surface area contributed by atoms with Gasteiger partial charge in [-0.05, 0) is 36.4 Å². The number of amides is 2. The highest BCUT2D eigenvalue weighted by Crippen LogP contribution is 2.14. The van der Waals surface area contributed by atoms with Crippen LogP contribution in [0.5, 0.6) is 0 Å². The molecule has 7 nitrogen and oxygen atoms in total. The lowest BCUT2D eigenvalue weighted by Crippen LogP contribution is -2.20. The van der Waals surface area contributed by atoms with E-state index in [1.807, 2.05) is 0 Å². The molecule has 1 aromatic carbocycles. The van der Waals surface area contributed by atoms with E-state index in [1.54, 1.807) is 0 Å². The van der Waals surface area contributed by atoms with Gasteiger partial charge in [0.05, 0.1) is 10.5 Å². The van der Waals surface area contributed by atoms with Crippen molar-refractivity contribution in [1.29, 1.82) is 0 Å². The van der Waals surface area contributed by atoms with E-state index in [0.29, 0.717) is 5.69 Å². The zero-order valence-corrected chi connectivity index (χ0v) is 13.3. The van der Waals surface area contributed by atoms with Crippen LogP contribution in [-0.2, 0) is 9.84 Å². The Hall–Kier alpha value is -2.74. The predicted octanol–water partition coefficient (Wildman–Crippen LogP) is 1.10. The lowest BCUT2D eigenvalue weighted by atomic mass is 10.2. The molecule has 2 aromatic rings. The van der Waals surface area contributed by atoms with Crippen LogP contribution < -0.4 is 10.6 Å². The summed E-state index contributed by atoms with van der Waals surface area (Å²) in [6, 6.07) is 8.76. The average Bonchev–Trinajstić information content (AvgIpc) is 2.54. The van der Waals surface area contributed by atoms with Crippen molar-refractivity contribution in [1.82, 2.24) is 10.3 Å². The largest absolute Gasteiger partial charge is 0.354 e. The van der Waals surface area contributed by atoms with Crippen LogP contribution in [0.25, 0.3) is 0 Å². The Bertz CT molecular complexity index is 828. The van der Waals surface area contributed by atoms with Crippen molar-refractivity contribution in [2.75, 3.05) is 18.6 Å². The Balaban J connectivity index is 2.11. The maximum absolute atomic E-state index is 12.1. The Kier molecular flexibility index (Phi) is 4.75. The highest BCUT2D eigenvalue weighted by Gasteiger charge is 2.11. The topological polar surface area (TPSA) is 105 Å². The van der Waals surface area contributed by atoms with E-state index in [4.69, 9.17) is 0 Å². The minimum absolute atomic E-state index is 0.173. The van der Waals surface area contributed by atoms with E-state index in [1.165, 1.54) is 49.6 Å². The van der Waals surface area contributed by atoms with E-state index in [0.717, 1.165) is 6.26 Å². The molecule has 0 saturated carbocycles. The van der Waals surface area contributed by atoms with E-state index in [-0.39, 0.29) is 22.1 Å². The molecule has 2 amide bonds. The minimum Gasteiger partial charge on any atom is -0.354 e. The Morgan fingerprint density at radius 1 is 1.00 bits per heavy atom. The number of benzene rings is 1. The Morgan fingerprint density at radius 2 is 1.65 bits per heavy atom. The van der Waals surface area contributed by atoms with E-state index in [9.17, 15) is 18.0 Å². The molecule has 0 radical (unpaired) electrons. The number of nitrogens with zero attached hydrogens (tertiary/aromatic N) is 1. The highest BCUT2D eigenvalue weighted by atomic mass is 32.2. The van der Waals surface area contributed by atoms with Gasteiger partial charge in [-0.15, -0.1) is 0 Å². The van der Waals surface area contributed by atoms with Gasteiger partial charge in [0.1, 0.15) is 5.69 Å². The van der Waals surface area contributed by atoms with Gasteiger partial charge in [-0.2, -0.15) is 0 Å². The number of rotatable bonds is 4. The molecule has 0 aliphatic rings. The molecule has 120 valence electrons. The first-order valence-electron chi connectivity index (χ1n) is 6.61. The van der Waals surface area contributed by atoms with Crippen LogP contribution in [0.4, 0.5) is 5.69 Å². The molecule has 0 bridgehead atoms. The standard InChI is InChI=1S/C15H15N3O4S/c1-16-15(20)13-8-3-10(9-17-13)14(19)18-11-4-6-12(7-5-11)23(2,21)22/h3-9H,1-2H3,(H,16,20)(H,18,19). The van der Waals surface area contributed by atoms with Gasteiger partial charge in [0.2, 0.25) is 0 Å². The third-order valence-electron chi connectivity index (χ3n) is 3.03. The first-order valence-corrected chi connectivity index (χ1v) is 8.50. The molecule has 2 rings (SSSR count). The zero-order chi connectivity index (χ0) is 17.0. The number of aromatic nitrogens is 1.